The number of amides is 1. The van der Waals surface area contributed by atoms with Crippen LogP contribution in [0.1, 0.15) is 18.9 Å². The van der Waals surface area contributed by atoms with Crippen molar-refractivity contribution in [1.29, 1.82) is 0 Å². The number of hydrogen-bond donors (Lipinski definition) is 2. The van der Waals surface area contributed by atoms with E-state index in [1.54, 1.807) is 18.9 Å². The van der Waals surface area contributed by atoms with Crippen LogP contribution in [0.5, 0.6) is 5.75 Å². The Morgan fingerprint density at radius 3 is 3.00 bits per heavy atom. The van der Waals surface area contributed by atoms with Gasteiger partial charge in [-0.25, -0.2) is 0 Å². The second-order valence-corrected chi connectivity index (χ2v) is 5.55. The van der Waals surface area contributed by atoms with Crippen LogP contribution in [0.2, 0.25) is 0 Å². The summed E-state index contributed by atoms with van der Waals surface area (Å²) in [6.07, 6.45) is 0.938. The number of hydrogen-bond acceptors (Lipinski definition) is 4. The Labute approximate surface area is 119 Å². The Morgan fingerprint density at radius 2 is 2.32 bits per heavy atom. The van der Waals surface area contributed by atoms with Gasteiger partial charge in [0, 0.05) is 12.6 Å². The highest BCUT2D eigenvalue weighted by molar-refractivity contribution is 7.99. The molecule has 0 aliphatic rings. The normalized spacial score (nSPS) is 11.9. The largest absolute Gasteiger partial charge is 0.497 e. The van der Waals surface area contributed by atoms with Gasteiger partial charge in [-0.15, -0.1) is 0 Å². The highest BCUT2D eigenvalue weighted by atomic mass is 32.2. The summed E-state index contributed by atoms with van der Waals surface area (Å²) in [5.41, 5.74) is 6.68. The molecule has 5 heteroatoms. The van der Waals surface area contributed by atoms with Gasteiger partial charge in [0.15, 0.2) is 0 Å². The molecule has 0 saturated heterocycles. The molecular formula is C14H22N2O2S. The van der Waals surface area contributed by atoms with Crippen LogP contribution in [0.4, 0.5) is 0 Å². The van der Waals surface area contributed by atoms with E-state index in [-0.39, 0.29) is 11.9 Å². The van der Waals surface area contributed by atoms with Gasteiger partial charge in [0.1, 0.15) is 5.75 Å². The standard InChI is InChI=1S/C14H22N2O2S/c1-11(15)6-7-19-10-14(17)16-9-12-4-3-5-13(8-12)18-2/h3-5,8,11H,6-7,9-10,15H2,1-2H3,(H,16,17). The summed E-state index contributed by atoms with van der Waals surface area (Å²) >= 11 is 1.62. The molecule has 1 rings (SSSR count). The van der Waals surface area contributed by atoms with Gasteiger partial charge in [0.25, 0.3) is 0 Å². The van der Waals surface area contributed by atoms with Gasteiger partial charge < -0.3 is 15.8 Å². The SMILES string of the molecule is COc1cccc(CNC(=O)CSCCC(C)N)c1. The molecule has 0 saturated carbocycles. The lowest BCUT2D eigenvalue weighted by Gasteiger charge is -2.07. The second-order valence-electron chi connectivity index (χ2n) is 4.45. The molecule has 1 atom stereocenters. The Morgan fingerprint density at radius 1 is 1.53 bits per heavy atom. The van der Waals surface area contributed by atoms with Crippen LogP contribution in [0, 0.1) is 0 Å². The highest BCUT2D eigenvalue weighted by Gasteiger charge is 2.03. The molecule has 4 nitrogen and oxygen atoms in total. The molecule has 0 bridgehead atoms. The summed E-state index contributed by atoms with van der Waals surface area (Å²) < 4.78 is 5.13. The van der Waals surface area contributed by atoms with Crippen LogP contribution in [0.15, 0.2) is 24.3 Å². The molecule has 106 valence electrons. The lowest BCUT2D eigenvalue weighted by atomic mass is 10.2. The molecule has 1 aromatic carbocycles. The average molecular weight is 282 g/mol. The summed E-state index contributed by atoms with van der Waals surface area (Å²) in [6.45, 7) is 2.51. The van der Waals surface area contributed by atoms with Gasteiger partial charge in [0.2, 0.25) is 5.91 Å². The van der Waals surface area contributed by atoms with Crippen molar-refractivity contribution in [2.24, 2.45) is 5.73 Å². The lowest BCUT2D eigenvalue weighted by Crippen LogP contribution is -2.25. The van der Waals surface area contributed by atoms with Gasteiger partial charge in [-0.2, -0.15) is 11.8 Å². The van der Waals surface area contributed by atoms with Crippen LogP contribution in [0.25, 0.3) is 0 Å². The average Bonchev–Trinajstić information content (AvgIpc) is 2.41. The molecule has 0 aliphatic carbocycles. The number of nitrogens with two attached hydrogens (primary N) is 1. The lowest BCUT2D eigenvalue weighted by molar-refractivity contribution is -0.118. The first-order valence-electron chi connectivity index (χ1n) is 6.34. The molecule has 3 N–H and O–H groups in total. The van der Waals surface area contributed by atoms with Crippen LogP contribution < -0.4 is 15.8 Å². The van der Waals surface area contributed by atoms with Gasteiger partial charge in [-0.3, -0.25) is 4.79 Å². The number of thioether (sulfide) groups is 1. The summed E-state index contributed by atoms with van der Waals surface area (Å²) in [6, 6.07) is 7.88. The zero-order valence-corrected chi connectivity index (χ0v) is 12.3. The van der Waals surface area contributed by atoms with Crippen molar-refractivity contribution >= 4 is 17.7 Å². The quantitative estimate of drug-likeness (QED) is 0.713. The van der Waals surface area contributed by atoms with Crippen LogP contribution in [-0.4, -0.2) is 30.6 Å². The van der Waals surface area contributed by atoms with Crippen molar-refractivity contribution in [2.75, 3.05) is 18.6 Å². The number of carbonyl (C=O) groups is 1. The van der Waals surface area contributed by atoms with E-state index in [9.17, 15) is 4.79 Å². The first-order chi connectivity index (χ1) is 9.11. The molecule has 0 aromatic heterocycles. The van der Waals surface area contributed by atoms with Gasteiger partial charge in [-0.05, 0) is 36.8 Å². The maximum absolute atomic E-state index is 11.6. The van der Waals surface area contributed by atoms with E-state index in [1.807, 2.05) is 31.2 Å². The smallest absolute Gasteiger partial charge is 0.230 e. The fourth-order valence-electron chi connectivity index (χ4n) is 1.47. The number of carbonyl (C=O) groups excluding carboxylic acids is 1. The summed E-state index contributed by atoms with van der Waals surface area (Å²) in [5, 5.41) is 2.89. The van der Waals surface area contributed by atoms with E-state index in [0.29, 0.717) is 12.3 Å². The van der Waals surface area contributed by atoms with Crippen molar-refractivity contribution in [3.63, 3.8) is 0 Å². The number of nitrogens with one attached hydrogen (secondary N) is 1. The minimum absolute atomic E-state index is 0.0532. The molecule has 1 amide bonds. The fourth-order valence-corrected chi connectivity index (χ4v) is 2.44. The molecule has 0 aliphatic heterocycles. The van der Waals surface area contributed by atoms with E-state index >= 15 is 0 Å². The van der Waals surface area contributed by atoms with Crippen molar-refractivity contribution < 1.29 is 9.53 Å². The van der Waals surface area contributed by atoms with Crippen molar-refractivity contribution in [2.45, 2.75) is 25.9 Å². The minimum Gasteiger partial charge on any atom is -0.497 e. The predicted octanol–water partition coefficient (Wildman–Crippen LogP) is 1.78. The Balaban J connectivity index is 2.22. The fraction of sp³-hybridized carbons (Fsp3) is 0.500. The number of benzene rings is 1. The summed E-state index contributed by atoms with van der Waals surface area (Å²) in [4.78, 5) is 11.6. The molecule has 0 spiro atoms. The highest BCUT2D eigenvalue weighted by Crippen LogP contribution is 2.12. The Kier molecular flexibility index (Phi) is 7.36. The Bertz CT molecular complexity index is 397. The monoisotopic (exact) mass is 282 g/mol. The molecule has 0 heterocycles. The first-order valence-corrected chi connectivity index (χ1v) is 7.50. The molecule has 19 heavy (non-hydrogen) atoms. The van der Waals surface area contributed by atoms with Crippen LogP contribution in [-0.2, 0) is 11.3 Å². The van der Waals surface area contributed by atoms with Crippen LogP contribution in [0.3, 0.4) is 0 Å². The third-order valence-electron chi connectivity index (χ3n) is 2.57. The molecule has 1 aromatic rings. The summed E-state index contributed by atoms with van der Waals surface area (Å²) in [7, 11) is 1.63. The zero-order valence-electron chi connectivity index (χ0n) is 11.5. The van der Waals surface area contributed by atoms with Gasteiger partial charge in [-0.1, -0.05) is 12.1 Å². The van der Waals surface area contributed by atoms with E-state index in [4.69, 9.17) is 10.5 Å². The van der Waals surface area contributed by atoms with Crippen LogP contribution >= 0.6 is 11.8 Å². The van der Waals surface area contributed by atoms with Crippen molar-refractivity contribution in [3.8, 4) is 5.75 Å². The topological polar surface area (TPSA) is 64.3 Å². The Hall–Kier alpha value is -1.20. The number of methoxy groups -OCH3 is 1. The maximum atomic E-state index is 11.6. The third kappa shape index (κ3) is 7.08. The molecule has 0 radical (unpaired) electrons. The first kappa shape index (κ1) is 15.9. The zero-order chi connectivity index (χ0) is 14.1. The van der Waals surface area contributed by atoms with Crippen molar-refractivity contribution in [1.82, 2.24) is 5.32 Å². The maximum Gasteiger partial charge on any atom is 0.230 e. The number of ether oxygens (including phenoxy) is 1. The number of rotatable bonds is 8. The third-order valence-corrected chi connectivity index (χ3v) is 3.57. The second kappa shape index (κ2) is 8.82. The van der Waals surface area contributed by atoms with Gasteiger partial charge >= 0.3 is 0 Å². The molecule has 0 fully saturated rings. The molecular weight excluding hydrogens is 260 g/mol. The van der Waals surface area contributed by atoms with E-state index < -0.39 is 0 Å². The van der Waals surface area contributed by atoms with Gasteiger partial charge in [0.05, 0.1) is 12.9 Å². The van der Waals surface area contributed by atoms with E-state index in [0.717, 1.165) is 23.5 Å². The van der Waals surface area contributed by atoms with Crippen molar-refractivity contribution in [3.05, 3.63) is 29.8 Å². The predicted molar refractivity (Wildman–Crippen MR) is 80.4 cm³/mol. The van der Waals surface area contributed by atoms with E-state index in [1.165, 1.54) is 0 Å². The minimum atomic E-state index is 0.0532. The van der Waals surface area contributed by atoms with E-state index in [2.05, 4.69) is 5.32 Å². The molecule has 1 unspecified atom stereocenters. The summed E-state index contributed by atoms with van der Waals surface area (Å²) in [5.74, 6) is 2.26.